The van der Waals surface area contributed by atoms with Crippen LogP contribution in [0.3, 0.4) is 0 Å². The second kappa shape index (κ2) is 3.79. The first-order valence-electron chi connectivity index (χ1n) is 4.51. The summed E-state index contributed by atoms with van der Waals surface area (Å²) in [6.45, 7) is 0. The molecule has 1 aliphatic heterocycles. The van der Waals surface area contributed by atoms with E-state index >= 15 is 0 Å². The van der Waals surface area contributed by atoms with E-state index in [2.05, 4.69) is 4.99 Å². The van der Waals surface area contributed by atoms with Crippen molar-refractivity contribution in [3.63, 3.8) is 0 Å². The summed E-state index contributed by atoms with van der Waals surface area (Å²) in [4.78, 5) is 4.03. The van der Waals surface area contributed by atoms with Crippen LogP contribution in [0.25, 0.3) is 0 Å². The molecule has 1 aliphatic rings. The van der Waals surface area contributed by atoms with Gasteiger partial charge in [0.15, 0.2) is 9.84 Å². The number of hydrogen-bond donors (Lipinski definition) is 1. The number of rotatable bonds is 2. The SMILES string of the molecule is O=S1(=O)C[C@H](N=Cc2ccoc2)[C@@H](O)C1. The van der Waals surface area contributed by atoms with Crippen molar-refractivity contribution in [2.45, 2.75) is 12.1 Å². The van der Waals surface area contributed by atoms with Crippen LogP contribution in [0.4, 0.5) is 0 Å². The van der Waals surface area contributed by atoms with Crippen molar-refractivity contribution in [1.29, 1.82) is 0 Å². The first kappa shape index (κ1) is 10.4. The van der Waals surface area contributed by atoms with E-state index in [1.165, 1.54) is 18.7 Å². The Hall–Kier alpha value is -1.14. The van der Waals surface area contributed by atoms with Gasteiger partial charge in [-0.05, 0) is 6.07 Å². The molecule has 0 unspecified atom stereocenters. The fourth-order valence-corrected chi connectivity index (χ4v) is 3.19. The molecule has 1 N–H and O–H groups in total. The predicted octanol–water partition coefficient (Wildman–Crippen LogP) is -0.144. The van der Waals surface area contributed by atoms with Crippen LogP contribution in [0, 0.1) is 0 Å². The highest BCUT2D eigenvalue weighted by atomic mass is 32.2. The Kier molecular flexibility index (Phi) is 2.62. The summed E-state index contributed by atoms with van der Waals surface area (Å²) in [5.74, 6) is -0.275. The summed E-state index contributed by atoms with van der Waals surface area (Å²) in [6, 6.07) is 1.16. The van der Waals surface area contributed by atoms with E-state index in [0.717, 1.165) is 5.56 Å². The molecular formula is C9H11NO4S. The van der Waals surface area contributed by atoms with Gasteiger partial charge in [-0.3, -0.25) is 4.99 Å². The topological polar surface area (TPSA) is 79.9 Å². The van der Waals surface area contributed by atoms with E-state index in [1.54, 1.807) is 6.07 Å². The molecule has 0 radical (unpaired) electrons. The largest absolute Gasteiger partial charge is 0.472 e. The summed E-state index contributed by atoms with van der Waals surface area (Å²) in [6.07, 6.45) is 3.62. The zero-order valence-corrected chi connectivity index (χ0v) is 8.72. The van der Waals surface area contributed by atoms with Crippen LogP contribution in [-0.2, 0) is 9.84 Å². The van der Waals surface area contributed by atoms with Gasteiger partial charge in [-0.1, -0.05) is 0 Å². The number of sulfone groups is 1. The van der Waals surface area contributed by atoms with E-state index in [-0.39, 0.29) is 11.5 Å². The maximum Gasteiger partial charge on any atom is 0.155 e. The van der Waals surface area contributed by atoms with Crippen LogP contribution in [0.5, 0.6) is 0 Å². The van der Waals surface area contributed by atoms with E-state index in [0.29, 0.717) is 0 Å². The molecule has 2 heterocycles. The van der Waals surface area contributed by atoms with E-state index in [9.17, 15) is 13.5 Å². The Morgan fingerprint density at radius 2 is 2.33 bits per heavy atom. The minimum atomic E-state index is -3.12. The van der Waals surface area contributed by atoms with Crippen LogP contribution in [0.15, 0.2) is 28.0 Å². The lowest BCUT2D eigenvalue weighted by Gasteiger charge is -2.04. The molecule has 5 nitrogen and oxygen atoms in total. The quantitative estimate of drug-likeness (QED) is 0.715. The van der Waals surface area contributed by atoms with Crippen molar-refractivity contribution in [3.05, 3.63) is 24.2 Å². The van der Waals surface area contributed by atoms with Gasteiger partial charge in [0.25, 0.3) is 0 Å². The average Bonchev–Trinajstić information content (AvgIpc) is 2.70. The molecule has 1 aromatic heterocycles. The maximum absolute atomic E-state index is 11.2. The lowest BCUT2D eigenvalue weighted by molar-refractivity contribution is 0.184. The zero-order valence-electron chi connectivity index (χ0n) is 7.91. The molecular weight excluding hydrogens is 218 g/mol. The zero-order chi connectivity index (χ0) is 10.9. The number of aliphatic imine (C=N–C) groups is 1. The van der Waals surface area contributed by atoms with Gasteiger partial charge in [0.05, 0.1) is 36.2 Å². The van der Waals surface area contributed by atoms with Gasteiger partial charge in [-0.25, -0.2) is 8.42 Å². The fraction of sp³-hybridized carbons (Fsp3) is 0.444. The highest BCUT2D eigenvalue weighted by Gasteiger charge is 2.35. The fourth-order valence-electron chi connectivity index (χ4n) is 1.48. The number of aliphatic hydroxyl groups is 1. The third-order valence-electron chi connectivity index (χ3n) is 2.25. The average molecular weight is 229 g/mol. The second-order valence-electron chi connectivity index (χ2n) is 3.55. The number of hydrogen-bond acceptors (Lipinski definition) is 5. The van der Waals surface area contributed by atoms with Crippen molar-refractivity contribution in [2.75, 3.05) is 11.5 Å². The van der Waals surface area contributed by atoms with Crippen LogP contribution in [0.2, 0.25) is 0 Å². The van der Waals surface area contributed by atoms with Crippen molar-refractivity contribution < 1.29 is 17.9 Å². The first-order valence-corrected chi connectivity index (χ1v) is 6.33. The van der Waals surface area contributed by atoms with E-state index in [1.807, 2.05) is 0 Å². The summed E-state index contributed by atoms with van der Waals surface area (Å²) in [5.41, 5.74) is 0.756. The number of nitrogens with zero attached hydrogens (tertiary/aromatic N) is 1. The summed E-state index contributed by atoms with van der Waals surface area (Å²) in [7, 11) is -3.12. The highest BCUT2D eigenvalue weighted by molar-refractivity contribution is 7.91. The van der Waals surface area contributed by atoms with Crippen LogP contribution >= 0.6 is 0 Å². The molecule has 1 fully saturated rings. The van der Waals surface area contributed by atoms with Crippen LogP contribution < -0.4 is 0 Å². The standard InChI is InChI=1S/C9H11NO4S/c11-9-6-15(12,13)5-8(9)10-3-7-1-2-14-4-7/h1-4,8-9,11H,5-6H2/t8-,9-/m0/s1. The Balaban J connectivity index is 2.08. The lowest BCUT2D eigenvalue weighted by atomic mass is 10.2. The molecule has 0 bridgehead atoms. The Labute approximate surface area is 87.4 Å². The monoisotopic (exact) mass is 229 g/mol. The molecule has 2 atom stereocenters. The normalized spacial score (nSPS) is 29.9. The minimum absolute atomic E-state index is 0.0808. The molecule has 82 valence electrons. The third-order valence-corrected chi connectivity index (χ3v) is 3.95. The number of furan rings is 1. The van der Waals surface area contributed by atoms with E-state index < -0.39 is 22.0 Å². The van der Waals surface area contributed by atoms with Gasteiger partial charge >= 0.3 is 0 Å². The molecule has 1 saturated heterocycles. The summed E-state index contributed by atoms with van der Waals surface area (Å²) < 4.78 is 27.1. The molecule has 1 aromatic rings. The smallest absolute Gasteiger partial charge is 0.155 e. The maximum atomic E-state index is 11.2. The van der Waals surface area contributed by atoms with Gasteiger partial charge in [0.1, 0.15) is 0 Å². The van der Waals surface area contributed by atoms with Gasteiger partial charge in [-0.2, -0.15) is 0 Å². The van der Waals surface area contributed by atoms with Crippen molar-refractivity contribution >= 4 is 16.1 Å². The highest BCUT2D eigenvalue weighted by Crippen LogP contribution is 2.15. The van der Waals surface area contributed by atoms with Crippen LogP contribution in [-0.4, -0.2) is 43.4 Å². The van der Waals surface area contributed by atoms with E-state index in [4.69, 9.17) is 4.42 Å². The van der Waals surface area contributed by atoms with Gasteiger partial charge in [0, 0.05) is 11.8 Å². The minimum Gasteiger partial charge on any atom is -0.472 e. The molecule has 0 aromatic carbocycles. The van der Waals surface area contributed by atoms with Crippen molar-refractivity contribution in [1.82, 2.24) is 0 Å². The Morgan fingerprint density at radius 1 is 1.53 bits per heavy atom. The lowest BCUT2D eigenvalue weighted by Crippen LogP contribution is -2.21. The second-order valence-corrected chi connectivity index (χ2v) is 5.70. The molecule has 0 amide bonds. The molecule has 0 aliphatic carbocycles. The molecule has 0 saturated carbocycles. The predicted molar refractivity (Wildman–Crippen MR) is 54.8 cm³/mol. The number of aliphatic hydroxyl groups excluding tert-OH is 1. The van der Waals surface area contributed by atoms with Gasteiger partial charge < -0.3 is 9.52 Å². The Morgan fingerprint density at radius 3 is 2.87 bits per heavy atom. The summed E-state index contributed by atoms with van der Waals surface area (Å²) >= 11 is 0. The molecule has 6 heteroatoms. The molecule has 2 rings (SSSR count). The van der Waals surface area contributed by atoms with Crippen LogP contribution in [0.1, 0.15) is 5.56 Å². The molecule has 0 spiro atoms. The van der Waals surface area contributed by atoms with Crippen molar-refractivity contribution in [2.24, 2.45) is 4.99 Å². The van der Waals surface area contributed by atoms with Gasteiger partial charge in [-0.15, -0.1) is 0 Å². The summed E-state index contributed by atoms with van der Waals surface area (Å²) in [5, 5.41) is 9.44. The van der Waals surface area contributed by atoms with Crippen molar-refractivity contribution in [3.8, 4) is 0 Å². The van der Waals surface area contributed by atoms with Gasteiger partial charge in [0.2, 0.25) is 0 Å². The molecule has 15 heavy (non-hydrogen) atoms. The first-order chi connectivity index (χ1) is 7.07. The third kappa shape index (κ3) is 2.45. The Bertz CT molecular complexity index is 448.